The average molecular weight is 865 g/mol. The number of quaternary nitrogens is 1. The minimum Gasteiger partial charge on any atom is -0.756 e. The van der Waals surface area contributed by atoms with Crippen molar-refractivity contribution in [1.29, 1.82) is 0 Å². The molecule has 9 heteroatoms. The largest absolute Gasteiger partial charge is 0.756 e. The van der Waals surface area contributed by atoms with Crippen LogP contribution in [0.3, 0.4) is 0 Å². The molecule has 0 aliphatic rings. The fourth-order valence-electron chi connectivity index (χ4n) is 7.02. The molecule has 0 heterocycles. The first-order valence-corrected chi connectivity index (χ1v) is 26.5. The van der Waals surface area contributed by atoms with Crippen LogP contribution >= 0.6 is 7.82 Å². The molecule has 3 atom stereocenters. The number of likely N-dealkylation sites (N-methyl/N-ethyl adjacent to an activating group) is 1. The number of aliphatic hydroxyl groups is 1. The first kappa shape index (κ1) is 58.5. The molecule has 0 aromatic rings. The number of nitrogens with zero attached hydrogens (tertiary/aromatic N) is 1. The van der Waals surface area contributed by atoms with E-state index in [-0.39, 0.29) is 12.5 Å². The fourth-order valence-corrected chi connectivity index (χ4v) is 7.74. The van der Waals surface area contributed by atoms with Crippen molar-refractivity contribution >= 4 is 13.7 Å². The molecule has 0 aliphatic heterocycles. The summed E-state index contributed by atoms with van der Waals surface area (Å²) in [5.74, 6) is -0.215. The van der Waals surface area contributed by atoms with Gasteiger partial charge in [0, 0.05) is 6.42 Å². The van der Waals surface area contributed by atoms with Crippen LogP contribution in [0.1, 0.15) is 219 Å². The van der Waals surface area contributed by atoms with E-state index in [0.29, 0.717) is 17.4 Å². The summed E-state index contributed by atoms with van der Waals surface area (Å²) in [4.78, 5) is 25.4. The predicted octanol–water partition coefficient (Wildman–Crippen LogP) is 13.8. The second kappa shape index (κ2) is 42.7. The number of amides is 1. The number of aliphatic hydroxyl groups excluding tert-OH is 1. The van der Waals surface area contributed by atoms with E-state index >= 15 is 0 Å². The third kappa shape index (κ3) is 44.5. The Kier molecular flexibility index (Phi) is 41.6. The van der Waals surface area contributed by atoms with Gasteiger partial charge in [-0.3, -0.25) is 9.36 Å². The molecule has 60 heavy (non-hydrogen) atoms. The van der Waals surface area contributed by atoms with Gasteiger partial charge in [-0.2, -0.15) is 0 Å². The molecule has 3 unspecified atom stereocenters. The van der Waals surface area contributed by atoms with Crippen molar-refractivity contribution in [2.75, 3.05) is 40.9 Å². The van der Waals surface area contributed by atoms with E-state index in [2.05, 4.69) is 55.6 Å². The van der Waals surface area contributed by atoms with Crippen LogP contribution in [0, 0.1) is 0 Å². The van der Waals surface area contributed by atoms with Crippen LogP contribution in [0.15, 0.2) is 48.6 Å². The van der Waals surface area contributed by atoms with E-state index in [4.69, 9.17) is 9.05 Å². The van der Waals surface area contributed by atoms with E-state index in [1.807, 2.05) is 27.2 Å². The molecule has 0 saturated heterocycles. The Morgan fingerprint density at radius 3 is 1.45 bits per heavy atom. The number of unbranched alkanes of at least 4 members (excludes halogenated alkanes) is 26. The predicted molar refractivity (Wildman–Crippen MR) is 256 cm³/mol. The van der Waals surface area contributed by atoms with E-state index < -0.39 is 26.6 Å². The SMILES string of the molecule is CCCCCCCCCCC/C=C\C/C=C\CCCCCCCCCC(=O)NC(COP(=O)([O-])OCC[N+](C)(C)C)C(O)/C=C/CC/C=C/CCCCCCCCCCC. The standard InChI is InChI=1S/C51H97N2O6P/c1-6-8-10-12-14-16-18-20-22-23-24-25-26-27-28-29-31-33-35-37-39-41-43-45-51(55)52-49(48-59-60(56,57)58-47-46-53(3,4)5)50(54)44-42-40-38-36-34-32-30-21-19-17-15-13-11-9-7-2/h24-25,27-28,34,36,42,44,49-50,54H,6-23,26,29-33,35,37-41,43,45-48H2,1-5H3,(H-,52,55,56,57)/b25-24-,28-27-,36-34+,44-42+. The molecule has 0 radical (unpaired) electrons. The van der Waals surface area contributed by atoms with Crippen LogP contribution in [0.2, 0.25) is 0 Å². The molecule has 352 valence electrons. The van der Waals surface area contributed by atoms with Crippen molar-refractivity contribution in [2.24, 2.45) is 0 Å². The lowest BCUT2D eigenvalue weighted by molar-refractivity contribution is -0.870. The topological polar surface area (TPSA) is 108 Å². The second-order valence-electron chi connectivity index (χ2n) is 18.2. The van der Waals surface area contributed by atoms with Crippen LogP contribution in [0.4, 0.5) is 0 Å². The summed E-state index contributed by atoms with van der Waals surface area (Å²) in [7, 11) is 1.24. The van der Waals surface area contributed by atoms with Crippen molar-refractivity contribution in [1.82, 2.24) is 5.32 Å². The molecule has 0 saturated carbocycles. The van der Waals surface area contributed by atoms with E-state index in [1.165, 1.54) is 141 Å². The Morgan fingerprint density at radius 1 is 0.583 bits per heavy atom. The lowest BCUT2D eigenvalue weighted by atomic mass is 10.1. The number of carbonyl (C=O) groups is 1. The lowest BCUT2D eigenvalue weighted by Gasteiger charge is -2.29. The number of rotatable bonds is 45. The number of hydrogen-bond acceptors (Lipinski definition) is 6. The Labute approximate surface area is 371 Å². The molecule has 0 aromatic carbocycles. The lowest BCUT2D eigenvalue weighted by Crippen LogP contribution is -2.45. The van der Waals surface area contributed by atoms with Gasteiger partial charge in [-0.05, 0) is 64.2 Å². The summed E-state index contributed by atoms with van der Waals surface area (Å²) >= 11 is 0. The van der Waals surface area contributed by atoms with Crippen molar-refractivity contribution in [2.45, 2.75) is 231 Å². The van der Waals surface area contributed by atoms with Crippen molar-refractivity contribution < 1.29 is 32.9 Å². The third-order valence-corrected chi connectivity index (χ3v) is 12.0. The molecule has 2 N–H and O–H groups in total. The number of phosphoric acid groups is 1. The van der Waals surface area contributed by atoms with Gasteiger partial charge >= 0.3 is 0 Å². The highest BCUT2D eigenvalue weighted by Crippen LogP contribution is 2.38. The summed E-state index contributed by atoms with van der Waals surface area (Å²) in [6.45, 7) is 4.62. The zero-order chi connectivity index (χ0) is 44.3. The second-order valence-corrected chi connectivity index (χ2v) is 19.6. The van der Waals surface area contributed by atoms with Gasteiger partial charge in [-0.25, -0.2) is 0 Å². The molecular formula is C51H97N2O6P. The van der Waals surface area contributed by atoms with Crippen molar-refractivity contribution in [3.63, 3.8) is 0 Å². The van der Waals surface area contributed by atoms with E-state index in [9.17, 15) is 19.4 Å². The Morgan fingerprint density at radius 2 is 0.983 bits per heavy atom. The number of nitrogens with one attached hydrogen (secondary N) is 1. The van der Waals surface area contributed by atoms with Crippen LogP contribution < -0.4 is 10.2 Å². The first-order chi connectivity index (χ1) is 29.0. The van der Waals surface area contributed by atoms with Gasteiger partial charge in [0.2, 0.25) is 5.91 Å². The number of hydrogen-bond donors (Lipinski definition) is 2. The number of allylic oxidation sites excluding steroid dienone is 7. The highest BCUT2D eigenvalue weighted by molar-refractivity contribution is 7.45. The monoisotopic (exact) mass is 865 g/mol. The Hall–Kier alpha value is -1.54. The summed E-state index contributed by atoms with van der Waals surface area (Å²) in [5, 5.41) is 13.8. The maximum absolute atomic E-state index is 12.9. The van der Waals surface area contributed by atoms with Crippen LogP contribution in [0.5, 0.6) is 0 Å². The molecule has 0 bridgehead atoms. The summed E-state index contributed by atoms with van der Waals surface area (Å²) < 4.78 is 23.2. The highest BCUT2D eigenvalue weighted by Gasteiger charge is 2.23. The zero-order valence-electron chi connectivity index (χ0n) is 39.9. The molecule has 0 aliphatic carbocycles. The fraction of sp³-hybridized carbons (Fsp3) is 0.824. The Balaban J connectivity index is 4.35. The molecule has 1 amide bonds. The molecule has 0 fully saturated rings. The van der Waals surface area contributed by atoms with Gasteiger partial charge in [0.15, 0.2) is 0 Å². The van der Waals surface area contributed by atoms with Gasteiger partial charge in [-0.15, -0.1) is 0 Å². The number of phosphoric ester groups is 1. The highest BCUT2D eigenvalue weighted by atomic mass is 31.2. The maximum Gasteiger partial charge on any atom is 0.268 e. The molecule has 0 aromatic heterocycles. The molecule has 0 rings (SSSR count). The third-order valence-electron chi connectivity index (χ3n) is 11.0. The summed E-state index contributed by atoms with van der Waals surface area (Å²) in [5.41, 5.74) is 0. The zero-order valence-corrected chi connectivity index (χ0v) is 40.8. The average Bonchev–Trinajstić information content (AvgIpc) is 3.20. The summed E-state index contributed by atoms with van der Waals surface area (Å²) in [6, 6.07) is -0.908. The normalized spacial score (nSPS) is 14.6. The minimum atomic E-state index is -4.60. The van der Waals surface area contributed by atoms with E-state index in [0.717, 1.165) is 57.8 Å². The first-order valence-electron chi connectivity index (χ1n) is 25.0. The minimum absolute atomic E-state index is 0.00912. The van der Waals surface area contributed by atoms with Crippen molar-refractivity contribution in [3.05, 3.63) is 48.6 Å². The van der Waals surface area contributed by atoms with Gasteiger partial charge < -0.3 is 28.8 Å². The van der Waals surface area contributed by atoms with Crippen LogP contribution in [0.25, 0.3) is 0 Å². The smallest absolute Gasteiger partial charge is 0.268 e. The van der Waals surface area contributed by atoms with Gasteiger partial charge in [-0.1, -0.05) is 197 Å². The quantitative estimate of drug-likeness (QED) is 0.0273. The maximum atomic E-state index is 12.9. The number of carbonyl (C=O) groups excluding carboxylic acids is 1. The molecule has 8 nitrogen and oxygen atoms in total. The molecule has 0 spiro atoms. The Bertz CT molecular complexity index is 1120. The summed E-state index contributed by atoms with van der Waals surface area (Å²) in [6.07, 6.45) is 54.5. The van der Waals surface area contributed by atoms with E-state index in [1.54, 1.807) is 6.08 Å². The molecular weight excluding hydrogens is 768 g/mol. The van der Waals surface area contributed by atoms with Gasteiger partial charge in [0.05, 0.1) is 39.9 Å². The van der Waals surface area contributed by atoms with Crippen LogP contribution in [-0.4, -0.2) is 68.5 Å². The van der Waals surface area contributed by atoms with Crippen LogP contribution in [-0.2, 0) is 18.4 Å². The van der Waals surface area contributed by atoms with Gasteiger partial charge in [0.25, 0.3) is 7.82 Å². The van der Waals surface area contributed by atoms with Gasteiger partial charge in [0.1, 0.15) is 13.2 Å². The van der Waals surface area contributed by atoms with Crippen molar-refractivity contribution in [3.8, 4) is 0 Å².